The summed E-state index contributed by atoms with van der Waals surface area (Å²) in [5, 5.41) is 9.47. The van der Waals surface area contributed by atoms with Crippen LogP contribution in [0, 0.1) is 13.8 Å². The van der Waals surface area contributed by atoms with Crippen molar-refractivity contribution in [2.45, 2.75) is 20.8 Å². The van der Waals surface area contributed by atoms with Gasteiger partial charge in [0.15, 0.2) is 5.75 Å². The van der Waals surface area contributed by atoms with Gasteiger partial charge in [-0.1, -0.05) is 0 Å². The van der Waals surface area contributed by atoms with Crippen LogP contribution in [0.5, 0.6) is 11.6 Å². The quantitative estimate of drug-likeness (QED) is 0.730. The maximum Gasteiger partial charge on any atom is 0.257 e. The van der Waals surface area contributed by atoms with Crippen molar-refractivity contribution in [2.24, 2.45) is 0 Å². The molecule has 1 rings (SSSR count). The Morgan fingerprint density at radius 2 is 2.17 bits per heavy atom. The summed E-state index contributed by atoms with van der Waals surface area (Å²) in [7, 11) is 0. The van der Waals surface area contributed by atoms with E-state index >= 15 is 0 Å². The molecule has 1 aromatic rings. The Bertz CT molecular complexity index is 284. The van der Waals surface area contributed by atoms with E-state index in [1.54, 1.807) is 0 Å². The highest BCUT2D eigenvalue weighted by Gasteiger charge is 2.06. The zero-order valence-electron chi connectivity index (χ0n) is 7.59. The second kappa shape index (κ2) is 3.43. The zero-order chi connectivity index (χ0) is 9.14. The normalized spacial score (nSPS) is 9.92. The molecule has 0 fully saturated rings. The van der Waals surface area contributed by atoms with Gasteiger partial charge in [0.2, 0.25) is 0 Å². The van der Waals surface area contributed by atoms with Gasteiger partial charge in [0.25, 0.3) is 5.88 Å². The van der Waals surface area contributed by atoms with Crippen molar-refractivity contribution in [3.05, 3.63) is 17.3 Å². The lowest BCUT2D eigenvalue weighted by Crippen LogP contribution is -1.97. The van der Waals surface area contributed by atoms with E-state index in [1.807, 2.05) is 26.8 Å². The molecule has 0 spiro atoms. The lowest BCUT2D eigenvalue weighted by Gasteiger charge is -2.07. The Balaban J connectivity index is 3.09. The number of rotatable bonds is 2. The molecule has 1 N–H and O–H groups in total. The summed E-state index contributed by atoms with van der Waals surface area (Å²) in [5.74, 6) is 0.470. The van der Waals surface area contributed by atoms with E-state index in [9.17, 15) is 5.11 Å². The second-order valence-electron chi connectivity index (χ2n) is 2.67. The van der Waals surface area contributed by atoms with E-state index < -0.39 is 0 Å². The fourth-order valence-corrected chi connectivity index (χ4v) is 1.03. The second-order valence-corrected chi connectivity index (χ2v) is 2.67. The fourth-order valence-electron chi connectivity index (χ4n) is 1.03. The maximum atomic E-state index is 9.47. The van der Waals surface area contributed by atoms with Crippen molar-refractivity contribution in [1.29, 1.82) is 0 Å². The number of aryl methyl sites for hydroxylation is 2. The molecule has 0 amide bonds. The number of aromatic hydroxyl groups is 1. The third kappa shape index (κ3) is 1.67. The highest BCUT2D eigenvalue weighted by Crippen LogP contribution is 2.27. The molecule has 3 nitrogen and oxygen atoms in total. The molecule has 0 bridgehead atoms. The maximum absolute atomic E-state index is 9.47. The van der Waals surface area contributed by atoms with Gasteiger partial charge >= 0.3 is 0 Å². The number of aromatic nitrogens is 1. The Morgan fingerprint density at radius 3 is 2.75 bits per heavy atom. The molecular formula is C9H13NO2. The number of ether oxygens (including phenoxy) is 1. The molecule has 1 aromatic heterocycles. The first-order valence-corrected chi connectivity index (χ1v) is 3.95. The van der Waals surface area contributed by atoms with Crippen LogP contribution < -0.4 is 4.74 Å². The van der Waals surface area contributed by atoms with Gasteiger partial charge in [0, 0.05) is 5.69 Å². The van der Waals surface area contributed by atoms with Crippen molar-refractivity contribution in [1.82, 2.24) is 4.98 Å². The lowest BCUT2D eigenvalue weighted by atomic mass is 10.2. The van der Waals surface area contributed by atoms with Gasteiger partial charge < -0.3 is 9.84 Å². The topological polar surface area (TPSA) is 42.4 Å². The van der Waals surface area contributed by atoms with Gasteiger partial charge in [-0.15, -0.1) is 0 Å². The van der Waals surface area contributed by atoms with E-state index in [1.165, 1.54) is 0 Å². The van der Waals surface area contributed by atoms with Gasteiger partial charge in [-0.3, -0.25) is 0 Å². The highest BCUT2D eigenvalue weighted by atomic mass is 16.5. The minimum atomic E-state index is 0.141. The van der Waals surface area contributed by atoms with Gasteiger partial charge in [0.1, 0.15) is 0 Å². The van der Waals surface area contributed by atoms with Gasteiger partial charge in [0.05, 0.1) is 6.61 Å². The van der Waals surface area contributed by atoms with Crippen LogP contribution in [-0.4, -0.2) is 16.7 Å². The van der Waals surface area contributed by atoms with Gasteiger partial charge in [-0.05, 0) is 32.4 Å². The average molecular weight is 167 g/mol. The van der Waals surface area contributed by atoms with Crippen LogP contribution in [0.1, 0.15) is 18.2 Å². The van der Waals surface area contributed by atoms with Crippen LogP contribution in [0.4, 0.5) is 0 Å². The average Bonchev–Trinajstić information content (AvgIpc) is 2.00. The SMILES string of the molecule is CCOc1nc(C)cc(C)c1O. The smallest absolute Gasteiger partial charge is 0.257 e. The third-order valence-corrected chi connectivity index (χ3v) is 1.56. The molecule has 0 aromatic carbocycles. The lowest BCUT2D eigenvalue weighted by molar-refractivity contribution is 0.303. The van der Waals surface area contributed by atoms with Crippen molar-refractivity contribution < 1.29 is 9.84 Å². The predicted molar refractivity (Wildman–Crippen MR) is 46.5 cm³/mol. The van der Waals surface area contributed by atoms with Crippen molar-refractivity contribution in [2.75, 3.05) is 6.61 Å². The number of hydrogen-bond acceptors (Lipinski definition) is 3. The largest absolute Gasteiger partial charge is 0.503 e. The van der Waals surface area contributed by atoms with E-state index in [2.05, 4.69) is 4.98 Å². The predicted octanol–water partition coefficient (Wildman–Crippen LogP) is 1.80. The molecule has 0 radical (unpaired) electrons. The number of pyridine rings is 1. The first-order valence-electron chi connectivity index (χ1n) is 3.95. The van der Waals surface area contributed by atoms with Crippen molar-refractivity contribution in [3.63, 3.8) is 0 Å². The molecule has 12 heavy (non-hydrogen) atoms. The van der Waals surface area contributed by atoms with E-state index in [-0.39, 0.29) is 5.75 Å². The molecule has 0 aliphatic carbocycles. The van der Waals surface area contributed by atoms with E-state index in [0.717, 1.165) is 11.3 Å². The Morgan fingerprint density at radius 1 is 1.50 bits per heavy atom. The summed E-state index contributed by atoms with van der Waals surface area (Å²) in [4.78, 5) is 4.05. The molecule has 0 aliphatic rings. The molecule has 0 unspecified atom stereocenters. The molecule has 0 atom stereocenters. The third-order valence-electron chi connectivity index (χ3n) is 1.56. The first kappa shape index (κ1) is 8.84. The summed E-state index contributed by atoms with van der Waals surface area (Å²) in [5.41, 5.74) is 1.65. The van der Waals surface area contributed by atoms with Crippen LogP contribution >= 0.6 is 0 Å². The van der Waals surface area contributed by atoms with Crippen LogP contribution in [0.2, 0.25) is 0 Å². The monoisotopic (exact) mass is 167 g/mol. The Kier molecular flexibility index (Phi) is 2.53. The molecule has 0 aliphatic heterocycles. The van der Waals surface area contributed by atoms with E-state index in [4.69, 9.17) is 4.74 Å². The molecule has 0 saturated heterocycles. The summed E-state index contributed by atoms with van der Waals surface area (Å²) >= 11 is 0. The Labute approximate surface area is 72.0 Å². The number of hydrogen-bond donors (Lipinski definition) is 1. The van der Waals surface area contributed by atoms with Gasteiger partial charge in [-0.25, -0.2) is 4.98 Å². The van der Waals surface area contributed by atoms with Gasteiger partial charge in [-0.2, -0.15) is 0 Å². The summed E-state index contributed by atoms with van der Waals surface area (Å²) < 4.78 is 5.14. The van der Waals surface area contributed by atoms with Crippen LogP contribution in [0.25, 0.3) is 0 Å². The summed E-state index contributed by atoms with van der Waals surface area (Å²) in [6, 6.07) is 1.82. The Hall–Kier alpha value is -1.25. The fraction of sp³-hybridized carbons (Fsp3) is 0.444. The van der Waals surface area contributed by atoms with Crippen LogP contribution in [0.3, 0.4) is 0 Å². The number of nitrogens with zero attached hydrogens (tertiary/aromatic N) is 1. The van der Waals surface area contributed by atoms with Crippen molar-refractivity contribution >= 4 is 0 Å². The standard InChI is InChI=1S/C9H13NO2/c1-4-12-9-8(11)6(2)5-7(3)10-9/h5,11H,4H2,1-3H3. The first-order chi connectivity index (χ1) is 5.65. The molecule has 1 heterocycles. The summed E-state index contributed by atoms with van der Waals surface area (Å²) in [6.07, 6.45) is 0. The molecule has 3 heteroatoms. The minimum absolute atomic E-state index is 0.141. The molecule has 0 saturated carbocycles. The van der Waals surface area contributed by atoms with Crippen LogP contribution in [-0.2, 0) is 0 Å². The van der Waals surface area contributed by atoms with Crippen LogP contribution in [0.15, 0.2) is 6.07 Å². The minimum Gasteiger partial charge on any atom is -0.503 e. The zero-order valence-corrected chi connectivity index (χ0v) is 7.59. The summed E-state index contributed by atoms with van der Waals surface area (Å²) in [6.45, 7) is 6.07. The van der Waals surface area contributed by atoms with Crippen molar-refractivity contribution in [3.8, 4) is 11.6 Å². The van der Waals surface area contributed by atoms with E-state index in [0.29, 0.717) is 12.5 Å². The molecular weight excluding hydrogens is 154 g/mol. The highest BCUT2D eigenvalue weighted by molar-refractivity contribution is 5.40. The molecule has 66 valence electrons.